The Balaban J connectivity index is 2.10. The summed E-state index contributed by atoms with van der Waals surface area (Å²) >= 11 is 3.45. The first-order valence-electron chi connectivity index (χ1n) is 6.65. The van der Waals surface area contributed by atoms with Crippen molar-refractivity contribution in [3.8, 4) is 0 Å². The molecule has 2 aromatic rings. The van der Waals surface area contributed by atoms with E-state index in [2.05, 4.69) is 56.8 Å². The van der Waals surface area contributed by atoms with Crippen molar-refractivity contribution in [3.63, 3.8) is 0 Å². The van der Waals surface area contributed by atoms with E-state index in [9.17, 15) is 0 Å². The van der Waals surface area contributed by atoms with Crippen LogP contribution in [0.4, 0.5) is 5.95 Å². The van der Waals surface area contributed by atoms with Crippen LogP contribution in [0.1, 0.15) is 31.5 Å². The molecule has 2 unspecified atom stereocenters. The summed E-state index contributed by atoms with van der Waals surface area (Å²) in [5.74, 6) is 0.866. The number of aromatic nitrogens is 2. The molecule has 1 aromatic carbocycles. The first-order chi connectivity index (χ1) is 9.61. The average molecular weight is 338 g/mol. The fourth-order valence-corrected chi connectivity index (χ4v) is 2.39. The molecule has 1 aromatic heterocycles. The van der Waals surface area contributed by atoms with E-state index in [-0.39, 0.29) is 12.1 Å². The van der Waals surface area contributed by atoms with Gasteiger partial charge in [-0.05, 0) is 31.5 Å². The predicted octanol–water partition coefficient (Wildman–Crippen LogP) is 4.03. The lowest BCUT2D eigenvalue weighted by atomic mass is 10.1. The Morgan fingerprint density at radius 1 is 1.30 bits per heavy atom. The average Bonchev–Trinajstić information content (AvgIpc) is 2.88. The number of halogens is 1. The molecule has 0 saturated heterocycles. The molecule has 2 rings (SSSR count). The number of ether oxygens (including phenoxy) is 1. The number of nitrogens with one attached hydrogen (secondary N) is 1. The quantitative estimate of drug-likeness (QED) is 0.864. The Morgan fingerprint density at radius 2 is 2.00 bits per heavy atom. The topological polar surface area (TPSA) is 39.1 Å². The van der Waals surface area contributed by atoms with Gasteiger partial charge in [-0.2, -0.15) is 0 Å². The summed E-state index contributed by atoms with van der Waals surface area (Å²) in [5, 5.41) is 3.45. The van der Waals surface area contributed by atoms with E-state index in [1.54, 1.807) is 7.11 Å². The van der Waals surface area contributed by atoms with Crippen molar-refractivity contribution in [3.05, 3.63) is 46.7 Å². The summed E-state index contributed by atoms with van der Waals surface area (Å²) in [7, 11) is 1.71. The molecule has 0 aliphatic rings. The van der Waals surface area contributed by atoms with Crippen LogP contribution in [0.5, 0.6) is 0 Å². The standard InChI is InChI=1S/C15H20BrN3O/c1-11(10-20-3)19-9-8-17-15(19)18-12(2)13-4-6-14(16)7-5-13/h4-9,11-12H,10H2,1-3H3,(H,17,18). The molecule has 2 atom stereocenters. The van der Waals surface area contributed by atoms with Crippen molar-refractivity contribution in [2.75, 3.05) is 19.0 Å². The number of benzene rings is 1. The van der Waals surface area contributed by atoms with E-state index in [1.807, 2.05) is 24.5 Å². The van der Waals surface area contributed by atoms with Gasteiger partial charge in [0.25, 0.3) is 0 Å². The number of hydrogen-bond acceptors (Lipinski definition) is 3. The van der Waals surface area contributed by atoms with Crippen LogP contribution in [0.25, 0.3) is 0 Å². The minimum Gasteiger partial charge on any atom is -0.383 e. The van der Waals surface area contributed by atoms with E-state index in [0.29, 0.717) is 6.61 Å². The maximum Gasteiger partial charge on any atom is 0.203 e. The van der Waals surface area contributed by atoms with E-state index < -0.39 is 0 Å². The van der Waals surface area contributed by atoms with E-state index in [1.165, 1.54) is 5.56 Å². The summed E-state index contributed by atoms with van der Waals surface area (Å²) in [5.41, 5.74) is 1.22. The first kappa shape index (κ1) is 15.1. The van der Waals surface area contributed by atoms with E-state index >= 15 is 0 Å². The predicted molar refractivity (Wildman–Crippen MR) is 85.0 cm³/mol. The molecular formula is C15H20BrN3O. The molecule has 4 nitrogen and oxygen atoms in total. The van der Waals surface area contributed by atoms with Crippen LogP contribution >= 0.6 is 15.9 Å². The Hall–Kier alpha value is -1.33. The molecule has 0 aliphatic carbocycles. The van der Waals surface area contributed by atoms with Gasteiger partial charge in [-0.3, -0.25) is 0 Å². The minimum absolute atomic E-state index is 0.194. The molecule has 0 radical (unpaired) electrons. The normalized spacial score (nSPS) is 14.0. The SMILES string of the molecule is COCC(C)n1ccnc1NC(C)c1ccc(Br)cc1. The molecule has 1 N–H and O–H groups in total. The lowest BCUT2D eigenvalue weighted by Crippen LogP contribution is -2.16. The molecular weight excluding hydrogens is 318 g/mol. The minimum atomic E-state index is 0.194. The van der Waals surface area contributed by atoms with Crippen LogP contribution in [0.15, 0.2) is 41.1 Å². The number of hydrogen-bond donors (Lipinski definition) is 1. The molecule has 0 bridgehead atoms. The van der Waals surface area contributed by atoms with Gasteiger partial charge in [0.1, 0.15) is 0 Å². The zero-order chi connectivity index (χ0) is 14.5. The van der Waals surface area contributed by atoms with Crippen LogP contribution in [0.3, 0.4) is 0 Å². The van der Waals surface area contributed by atoms with E-state index in [4.69, 9.17) is 4.74 Å². The number of rotatable bonds is 6. The summed E-state index contributed by atoms with van der Waals surface area (Å²) in [6.45, 7) is 4.90. The zero-order valence-corrected chi connectivity index (χ0v) is 13.6. The maximum absolute atomic E-state index is 5.20. The van der Waals surface area contributed by atoms with Crippen LogP contribution in [0.2, 0.25) is 0 Å². The van der Waals surface area contributed by atoms with Crippen LogP contribution < -0.4 is 5.32 Å². The summed E-state index contributed by atoms with van der Waals surface area (Å²) in [4.78, 5) is 4.39. The van der Waals surface area contributed by atoms with Gasteiger partial charge < -0.3 is 14.6 Å². The highest BCUT2D eigenvalue weighted by Crippen LogP contribution is 2.22. The highest BCUT2D eigenvalue weighted by atomic mass is 79.9. The molecule has 0 spiro atoms. The van der Waals surface area contributed by atoms with Gasteiger partial charge in [0.05, 0.1) is 18.7 Å². The Bertz CT molecular complexity index is 538. The number of anilines is 1. The molecule has 0 fully saturated rings. The second kappa shape index (κ2) is 6.90. The summed E-state index contributed by atoms with van der Waals surface area (Å²) < 4.78 is 8.39. The van der Waals surface area contributed by atoms with Crippen LogP contribution in [0, 0.1) is 0 Å². The second-order valence-corrected chi connectivity index (χ2v) is 5.80. The van der Waals surface area contributed by atoms with Crippen LogP contribution in [-0.4, -0.2) is 23.3 Å². The van der Waals surface area contributed by atoms with Gasteiger partial charge in [-0.25, -0.2) is 4.98 Å². The zero-order valence-electron chi connectivity index (χ0n) is 12.0. The molecule has 0 aliphatic heterocycles. The lowest BCUT2D eigenvalue weighted by molar-refractivity contribution is 0.163. The van der Waals surface area contributed by atoms with Crippen molar-refractivity contribution < 1.29 is 4.74 Å². The van der Waals surface area contributed by atoms with Crippen LogP contribution in [-0.2, 0) is 4.74 Å². The van der Waals surface area contributed by atoms with Gasteiger partial charge in [-0.1, -0.05) is 28.1 Å². The second-order valence-electron chi connectivity index (χ2n) is 4.88. The Morgan fingerprint density at radius 3 is 2.65 bits per heavy atom. The van der Waals surface area contributed by atoms with Crippen molar-refractivity contribution >= 4 is 21.9 Å². The van der Waals surface area contributed by atoms with Gasteiger partial charge in [-0.15, -0.1) is 0 Å². The number of methoxy groups -OCH3 is 1. The third-order valence-electron chi connectivity index (χ3n) is 3.27. The molecule has 0 saturated carbocycles. The molecule has 5 heteroatoms. The fourth-order valence-electron chi connectivity index (χ4n) is 2.13. The highest BCUT2D eigenvalue weighted by Gasteiger charge is 2.12. The van der Waals surface area contributed by atoms with Gasteiger partial charge in [0, 0.05) is 24.0 Å². The highest BCUT2D eigenvalue weighted by molar-refractivity contribution is 9.10. The fraction of sp³-hybridized carbons (Fsp3) is 0.400. The van der Waals surface area contributed by atoms with Crippen molar-refractivity contribution in [2.24, 2.45) is 0 Å². The smallest absolute Gasteiger partial charge is 0.203 e. The number of nitrogens with zero attached hydrogens (tertiary/aromatic N) is 2. The van der Waals surface area contributed by atoms with Crippen molar-refractivity contribution in [1.29, 1.82) is 0 Å². The molecule has 1 heterocycles. The van der Waals surface area contributed by atoms with Gasteiger partial charge in [0.15, 0.2) is 0 Å². The monoisotopic (exact) mass is 337 g/mol. The van der Waals surface area contributed by atoms with E-state index in [0.717, 1.165) is 10.4 Å². The maximum atomic E-state index is 5.20. The summed E-state index contributed by atoms with van der Waals surface area (Å²) in [6.07, 6.45) is 3.78. The lowest BCUT2D eigenvalue weighted by Gasteiger charge is -2.20. The van der Waals surface area contributed by atoms with Crippen molar-refractivity contribution in [1.82, 2.24) is 9.55 Å². The molecule has 0 amide bonds. The van der Waals surface area contributed by atoms with Crippen molar-refractivity contribution in [2.45, 2.75) is 25.9 Å². The number of imidazole rings is 1. The first-order valence-corrected chi connectivity index (χ1v) is 7.45. The third-order valence-corrected chi connectivity index (χ3v) is 3.80. The third kappa shape index (κ3) is 3.61. The Kier molecular flexibility index (Phi) is 5.20. The Labute approximate surface area is 128 Å². The molecule has 108 valence electrons. The van der Waals surface area contributed by atoms with Gasteiger partial charge >= 0.3 is 0 Å². The summed E-state index contributed by atoms with van der Waals surface area (Å²) in [6, 6.07) is 8.75. The largest absolute Gasteiger partial charge is 0.383 e. The molecule has 20 heavy (non-hydrogen) atoms. The van der Waals surface area contributed by atoms with Gasteiger partial charge in [0.2, 0.25) is 5.95 Å².